The number of carbonyl (C=O) groups is 1. The van der Waals surface area contributed by atoms with Gasteiger partial charge in [-0.05, 0) is 48.0 Å². The largest absolute Gasteiger partial charge is 0.295 e. The summed E-state index contributed by atoms with van der Waals surface area (Å²) in [7, 11) is 0. The molecule has 18 heavy (non-hydrogen) atoms. The van der Waals surface area contributed by atoms with Crippen LogP contribution in [0.3, 0.4) is 0 Å². The quantitative estimate of drug-likeness (QED) is 0.724. The van der Waals surface area contributed by atoms with Crippen molar-refractivity contribution < 1.29 is 4.79 Å². The van der Waals surface area contributed by atoms with E-state index in [1.807, 2.05) is 6.92 Å². The Morgan fingerprint density at radius 2 is 1.94 bits per heavy atom. The smallest absolute Gasteiger partial charge is 0.158 e. The lowest BCUT2D eigenvalue weighted by Crippen LogP contribution is -2.32. The second-order valence-corrected chi connectivity index (χ2v) is 6.07. The molecule has 0 saturated heterocycles. The second-order valence-electron chi connectivity index (χ2n) is 6.07. The Balaban J connectivity index is 2.29. The monoisotopic (exact) mass is 240 g/mol. The summed E-state index contributed by atoms with van der Waals surface area (Å²) in [6, 6.07) is 8.62. The summed E-state index contributed by atoms with van der Waals surface area (Å²) in [4.78, 5) is 12.1. The van der Waals surface area contributed by atoms with Gasteiger partial charge in [-0.2, -0.15) is 0 Å². The average molecular weight is 240 g/mol. The number of ketones is 1. The number of carbonyl (C=O) groups excluding carboxylic acids is 1. The fourth-order valence-corrected chi connectivity index (χ4v) is 3.85. The Labute approximate surface area is 109 Å². The molecule has 0 spiro atoms. The molecule has 1 heteroatoms. The molecule has 0 heterocycles. The SMILES string of the molecule is CC1=C2c3ccccc3CC2(C(C)C)CCC1=O. The Hall–Kier alpha value is -1.37. The van der Waals surface area contributed by atoms with E-state index >= 15 is 0 Å². The van der Waals surface area contributed by atoms with E-state index in [-0.39, 0.29) is 5.41 Å². The zero-order chi connectivity index (χ0) is 12.9. The lowest BCUT2D eigenvalue weighted by molar-refractivity contribution is -0.116. The van der Waals surface area contributed by atoms with Crippen LogP contribution in [0.5, 0.6) is 0 Å². The maximum Gasteiger partial charge on any atom is 0.158 e. The Bertz CT molecular complexity index is 550. The summed E-state index contributed by atoms with van der Waals surface area (Å²) in [5.74, 6) is 0.931. The highest BCUT2D eigenvalue weighted by molar-refractivity contribution is 6.06. The zero-order valence-electron chi connectivity index (χ0n) is 11.4. The molecule has 94 valence electrons. The van der Waals surface area contributed by atoms with Crippen LogP contribution >= 0.6 is 0 Å². The molecule has 0 radical (unpaired) electrons. The van der Waals surface area contributed by atoms with E-state index in [0.717, 1.165) is 24.8 Å². The molecular weight excluding hydrogens is 220 g/mol. The van der Waals surface area contributed by atoms with Gasteiger partial charge in [-0.1, -0.05) is 38.1 Å². The molecule has 0 aliphatic heterocycles. The van der Waals surface area contributed by atoms with Gasteiger partial charge in [-0.25, -0.2) is 0 Å². The summed E-state index contributed by atoms with van der Waals surface area (Å²) >= 11 is 0. The second kappa shape index (κ2) is 3.81. The van der Waals surface area contributed by atoms with Gasteiger partial charge in [0.15, 0.2) is 5.78 Å². The molecule has 1 aromatic rings. The minimum atomic E-state index is 0.210. The van der Waals surface area contributed by atoms with Crippen LogP contribution in [-0.2, 0) is 11.2 Å². The fourth-order valence-electron chi connectivity index (χ4n) is 3.85. The van der Waals surface area contributed by atoms with Crippen LogP contribution in [0.1, 0.15) is 44.7 Å². The van der Waals surface area contributed by atoms with E-state index in [9.17, 15) is 4.79 Å². The molecule has 2 aliphatic carbocycles. The number of allylic oxidation sites excluding steroid dienone is 2. The van der Waals surface area contributed by atoms with Crippen molar-refractivity contribution >= 4 is 11.4 Å². The number of fused-ring (bicyclic) bond motifs is 3. The summed E-state index contributed by atoms with van der Waals surface area (Å²) in [6.07, 6.45) is 2.85. The normalized spacial score (nSPS) is 26.6. The van der Waals surface area contributed by atoms with Crippen molar-refractivity contribution in [2.24, 2.45) is 11.3 Å². The lowest BCUT2D eigenvalue weighted by atomic mass is 9.64. The first-order valence-electron chi connectivity index (χ1n) is 6.89. The minimum absolute atomic E-state index is 0.210. The molecule has 1 unspecified atom stereocenters. The highest BCUT2D eigenvalue weighted by atomic mass is 16.1. The predicted octanol–water partition coefficient (Wildman–Crippen LogP) is 4.02. The lowest BCUT2D eigenvalue weighted by Gasteiger charge is -2.39. The minimum Gasteiger partial charge on any atom is -0.295 e. The molecule has 1 atom stereocenters. The van der Waals surface area contributed by atoms with Crippen LogP contribution in [0.4, 0.5) is 0 Å². The van der Waals surface area contributed by atoms with Gasteiger partial charge in [0.25, 0.3) is 0 Å². The molecule has 3 rings (SSSR count). The van der Waals surface area contributed by atoms with Crippen LogP contribution in [0.25, 0.3) is 5.57 Å². The van der Waals surface area contributed by atoms with Crippen LogP contribution in [0.15, 0.2) is 29.8 Å². The molecule has 1 aromatic carbocycles. The maximum atomic E-state index is 12.1. The molecule has 0 saturated carbocycles. The third kappa shape index (κ3) is 1.36. The number of hydrogen-bond donors (Lipinski definition) is 0. The molecule has 2 aliphatic rings. The van der Waals surface area contributed by atoms with Gasteiger partial charge in [-0.3, -0.25) is 4.79 Å². The van der Waals surface area contributed by atoms with E-state index in [1.54, 1.807) is 0 Å². The number of rotatable bonds is 1. The van der Waals surface area contributed by atoms with E-state index in [0.29, 0.717) is 11.7 Å². The van der Waals surface area contributed by atoms with E-state index in [4.69, 9.17) is 0 Å². The van der Waals surface area contributed by atoms with Crippen molar-refractivity contribution in [1.29, 1.82) is 0 Å². The topological polar surface area (TPSA) is 17.1 Å². The van der Waals surface area contributed by atoms with E-state index < -0.39 is 0 Å². The van der Waals surface area contributed by atoms with Crippen LogP contribution in [0, 0.1) is 11.3 Å². The van der Waals surface area contributed by atoms with Crippen LogP contribution in [0.2, 0.25) is 0 Å². The first-order valence-corrected chi connectivity index (χ1v) is 6.89. The highest BCUT2D eigenvalue weighted by Gasteiger charge is 2.47. The third-order valence-corrected chi connectivity index (χ3v) is 4.99. The van der Waals surface area contributed by atoms with Gasteiger partial charge >= 0.3 is 0 Å². The summed E-state index contributed by atoms with van der Waals surface area (Å²) in [5, 5.41) is 0. The fraction of sp³-hybridized carbons (Fsp3) is 0.471. The molecule has 0 bridgehead atoms. The first-order chi connectivity index (χ1) is 8.56. The van der Waals surface area contributed by atoms with Crippen molar-refractivity contribution in [2.45, 2.75) is 40.0 Å². The molecule has 0 amide bonds. The molecule has 0 fully saturated rings. The molecule has 1 nitrogen and oxygen atoms in total. The van der Waals surface area contributed by atoms with Crippen molar-refractivity contribution in [3.05, 3.63) is 41.0 Å². The van der Waals surface area contributed by atoms with Gasteiger partial charge in [0.2, 0.25) is 0 Å². The van der Waals surface area contributed by atoms with Gasteiger partial charge < -0.3 is 0 Å². The number of benzene rings is 1. The molecule has 0 aromatic heterocycles. The van der Waals surface area contributed by atoms with Crippen molar-refractivity contribution in [3.8, 4) is 0 Å². The van der Waals surface area contributed by atoms with Crippen molar-refractivity contribution in [1.82, 2.24) is 0 Å². The number of hydrogen-bond acceptors (Lipinski definition) is 1. The predicted molar refractivity (Wildman–Crippen MR) is 74.3 cm³/mol. The van der Waals surface area contributed by atoms with E-state index in [2.05, 4.69) is 38.1 Å². The summed E-state index contributed by atoms with van der Waals surface area (Å²) in [5.41, 5.74) is 5.33. The van der Waals surface area contributed by atoms with Crippen LogP contribution < -0.4 is 0 Å². The standard InChI is InChI=1S/C17H20O/c1-11(2)17-9-8-15(18)12(3)16(17)14-7-5-4-6-13(14)10-17/h4-7,11H,8-10H2,1-3H3. The zero-order valence-corrected chi connectivity index (χ0v) is 11.4. The van der Waals surface area contributed by atoms with Gasteiger partial charge in [0.05, 0.1) is 0 Å². The van der Waals surface area contributed by atoms with Crippen LogP contribution in [-0.4, -0.2) is 5.78 Å². The highest BCUT2D eigenvalue weighted by Crippen LogP contribution is 2.57. The first kappa shape index (κ1) is 11.7. The van der Waals surface area contributed by atoms with Gasteiger partial charge in [0.1, 0.15) is 0 Å². The molecule has 0 N–H and O–H groups in total. The maximum absolute atomic E-state index is 12.1. The Morgan fingerprint density at radius 1 is 1.22 bits per heavy atom. The van der Waals surface area contributed by atoms with Gasteiger partial charge in [-0.15, -0.1) is 0 Å². The summed E-state index contributed by atoms with van der Waals surface area (Å²) in [6.45, 7) is 6.62. The van der Waals surface area contributed by atoms with Crippen molar-refractivity contribution in [3.63, 3.8) is 0 Å². The number of Topliss-reactive ketones (excluding diaryl/α,β-unsaturated/α-hetero) is 1. The average Bonchev–Trinajstić information content (AvgIpc) is 2.70. The van der Waals surface area contributed by atoms with E-state index in [1.165, 1.54) is 16.7 Å². The third-order valence-electron chi connectivity index (χ3n) is 4.99. The van der Waals surface area contributed by atoms with Gasteiger partial charge in [0, 0.05) is 11.8 Å². The molecular formula is C17H20O. The van der Waals surface area contributed by atoms with Crippen molar-refractivity contribution in [2.75, 3.05) is 0 Å². The Kier molecular flexibility index (Phi) is 2.48. The summed E-state index contributed by atoms with van der Waals surface area (Å²) < 4.78 is 0. The Morgan fingerprint density at radius 3 is 2.67 bits per heavy atom.